The molecule has 1 aromatic heterocycles. The maximum absolute atomic E-state index is 6.38. The summed E-state index contributed by atoms with van der Waals surface area (Å²) in [4.78, 5) is 2.48. The molecular weight excluding hydrogens is 619 g/mol. The fourth-order valence-electron chi connectivity index (χ4n) is 8.58. The molecule has 1 heterocycles. The zero-order valence-corrected chi connectivity index (χ0v) is 28.6. The summed E-state index contributed by atoms with van der Waals surface area (Å²) in [5, 5.41) is 4.77. The maximum atomic E-state index is 6.38. The van der Waals surface area contributed by atoms with E-state index in [2.05, 4.69) is 189 Å². The van der Waals surface area contributed by atoms with Gasteiger partial charge in [-0.15, -0.1) is 0 Å². The van der Waals surface area contributed by atoms with Crippen LogP contribution in [0, 0.1) is 0 Å². The van der Waals surface area contributed by atoms with Crippen molar-refractivity contribution in [1.82, 2.24) is 0 Å². The summed E-state index contributed by atoms with van der Waals surface area (Å²) in [5.41, 5.74) is 15.1. The molecule has 0 radical (unpaired) electrons. The third-order valence-corrected chi connectivity index (χ3v) is 10.9. The van der Waals surface area contributed by atoms with Crippen molar-refractivity contribution in [2.75, 3.05) is 4.90 Å². The lowest BCUT2D eigenvalue weighted by molar-refractivity contribution is 0.661. The second-order valence-electron chi connectivity index (χ2n) is 14.1. The number of fused-ring (bicyclic) bond motifs is 7. The van der Waals surface area contributed by atoms with Crippen molar-refractivity contribution in [2.24, 2.45) is 0 Å². The summed E-state index contributed by atoms with van der Waals surface area (Å²) < 4.78 is 6.38. The van der Waals surface area contributed by atoms with Crippen molar-refractivity contribution in [1.29, 1.82) is 0 Å². The molecule has 9 aromatic rings. The average molecular weight is 654 g/mol. The summed E-state index contributed by atoms with van der Waals surface area (Å²) >= 11 is 0. The molecule has 1 aliphatic carbocycles. The molecule has 0 saturated carbocycles. The Hall–Kier alpha value is -6.38. The fourth-order valence-corrected chi connectivity index (χ4v) is 8.58. The van der Waals surface area contributed by atoms with E-state index in [-0.39, 0.29) is 5.41 Å². The molecule has 51 heavy (non-hydrogen) atoms. The second-order valence-corrected chi connectivity index (χ2v) is 14.1. The molecule has 10 rings (SSSR count). The molecule has 0 unspecified atom stereocenters. The summed E-state index contributed by atoms with van der Waals surface area (Å²) in [6.45, 7) is 4.74. The Morgan fingerprint density at radius 2 is 1.02 bits per heavy atom. The Morgan fingerprint density at radius 3 is 1.90 bits per heavy atom. The normalized spacial score (nSPS) is 13.1. The summed E-state index contributed by atoms with van der Waals surface area (Å²) in [5.74, 6) is 0. The van der Waals surface area contributed by atoms with E-state index in [1.807, 2.05) is 6.07 Å². The highest BCUT2D eigenvalue weighted by Crippen LogP contribution is 2.55. The van der Waals surface area contributed by atoms with Crippen molar-refractivity contribution >= 4 is 49.8 Å². The van der Waals surface area contributed by atoms with E-state index in [9.17, 15) is 0 Å². The van der Waals surface area contributed by atoms with Gasteiger partial charge in [-0.1, -0.05) is 153 Å². The van der Waals surface area contributed by atoms with E-state index < -0.39 is 0 Å². The number of furan rings is 1. The predicted octanol–water partition coefficient (Wildman–Crippen LogP) is 13.8. The van der Waals surface area contributed by atoms with Crippen LogP contribution >= 0.6 is 0 Å². The van der Waals surface area contributed by atoms with Gasteiger partial charge < -0.3 is 9.32 Å². The SMILES string of the molecule is CC1(C)c2ccccc2-c2cccc(N(c3ccc(-c4cccc5ccccc45)cc3)c3ccccc3-c3cccc4oc5ccccc5c34)c21. The number of hydrogen-bond acceptors (Lipinski definition) is 2. The van der Waals surface area contributed by atoms with Gasteiger partial charge in [0.1, 0.15) is 11.2 Å². The fraction of sp³-hybridized carbons (Fsp3) is 0.0612. The molecule has 0 saturated heterocycles. The Morgan fingerprint density at radius 1 is 0.431 bits per heavy atom. The molecule has 0 spiro atoms. The highest BCUT2D eigenvalue weighted by atomic mass is 16.3. The zero-order valence-electron chi connectivity index (χ0n) is 28.6. The van der Waals surface area contributed by atoms with Crippen molar-refractivity contribution in [2.45, 2.75) is 19.3 Å². The molecule has 0 N–H and O–H groups in total. The summed E-state index contributed by atoms with van der Waals surface area (Å²) in [6.07, 6.45) is 0. The Bertz CT molecular complexity index is 2780. The third-order valence-electron chi connectivity index (χ3n) is 10.9. The molecule has 8 aromatic carbocycles. The Kier molecular flexibility index (Phi) is 6.56. The highest BCUT2D eigenvalue weighted by molar-refractivity contribution is 6.14. The highest BCUT2D eigenvalue weighted by Gasteiger charge is 2.39. The average Bonchev–Trinajstić information content (AvgIpc) is 3.68. The smallest absolute Gasteiger partial charge is 0.136 e. The van der Waals surface area contributed by atoms with Crippen LogP contribution in [0.5, 0.6) is 0 Å². The molecule has 0 atom stereocenters. The van der Waals surface area contributed by atoms with E-state index in [0.29, 0.717) is 0 Å². The topological polar surface area (TPSA) is 16.4 Å². The monoisotopic (exact) mass is 653 g/mol. The number of anilines is 3. The lowest BCUT2D eigenvalue weighted by Crippen LogP contribution is -2.21. The summed E-state index contributed by atoms with van der Waals surface area (Å²) in [7, 11) is 0. The quantitative estimate of drug-likeness (QED) is 0.184. The van der Waals surface area contributed by atoms with Crippen LogP contribution in [-0.2, 0) is 5.41 Å². The number of benzene rings is 8. The predicted molar refractivity (Wildman–Crippen MR) is 214 cm³/mol. The van der Waals surface area contributed by atoms with Crippen molar-refractivity contribution < 1.29 is 4.42 Å². The van der Waals surface area contributed by atoms with E-state index >= 15 is 0 Å². The first-order valence-corrected chi connectivity index (χ1v) is 17.7. The van der Waals surface area contributed by atoms with Gasteiger partial charge in [0.05, 0.1) is 11.4 Å². The van der Waals surface area contributed by atoms with Crippen LogP contribution in [-0.4, -0.2) is 0 Å². The third kappa shape index (κ3) is 4.50. The largest absolute Gasteiger partial charge is 0.456 e. The van der Waals surface area contributed by atoms with Crippen molar-refractivity contribution in [3.63, 3.8) is 0 Å². The number of nitrogens with zero attached hydrogens (tertiary/aromatic N) is 1. The molecular formula is C49H35NO. The molecule has 0 aliphatic heterocycles. The van der Waals surface area contributed by atoms with Crippen LogP contribution in [0.25, 0.3) is 66.1 Å². The van der Waals surface area contributed by atoms with Gasteiger partial charge >= 0.3 is 0 Å². The molecule has 242 valence electrons. The molecule has 0 amide bonds. The van der Waals surface area contributed by atoms with Crippen molar-refractivity contribution in [3.05, 3.63) is 187 Å². The van der Waals surface area contributed by atoms with Crippen LogP contribution in [0.2, 0.25) is 0 Å². The van der Waals surface area contributed by atoms with Crippen LogP contribution < -0.4 is 4.90 Å². The lowest BCUT2D eigenvalue weighted by Gasteiger charge is -2.33. The lowest BCUT2D eigenvalue weighted by atomic mass is 9.81. The van der Waals surface area contributed by atoms with Crippen LogP contribution in [0.3, 0.4) is 0 Å². The van der Waals surface area contributed by atoms with Gasteiger partial charge in [-0.25, -0.2) is 0 Å². The van der Waals surface area contributed by atoms with Crippen molar-refractivity contribution in [3.8, 4) is 33.4 Å². The van der Waals surface area contributed by atoms with E-state index in [1.165, 1.54) is 49.8 Å². The van der Waals surface area contributed by atoms with Crippen LogP contribution in [0.15, 0.2) is 180 Å². The van der Waals surface area contributed by atoms with E-state index in [1.54, 1.807) is 0 Å². The molecule has 0 bridgehead atoms. The minimum Gasteiger partial charge on any atom is -0.456 e. The van der Waals surface area contributed by atoms with Crippen LogP contribution in [0.1, 0.15) is 25.0 Å². The van der Waals surface area contributed by atoms with Crippen LogP contribution in [0.4, 0.5) is 17.1 Å². The Labute approximate surface area is 297 Å². The molecule has 0 fully saturated rings. The summed E-state index contributed by atoms with van der Waals surface area (Å²) in [6, 6.07) is 63.6. The maximum Gasteiger partial charge on any atom is 0.136 e. The van der Waals surface area contributed by atoms with Gasteiger partial charge in [-0.2, -0.15) is 0 Å². The minimum atomic E-state index is -0.195. The zero-order chi connectivity index (χ0) is 34.1. The van der Waals surface area contributed by atoms with Gasteiger partial charge in [0.25, 0.3) is 0 Å². The standard InChI is InChI=1S/C49H35NO/c1-49(2)42-23-8-5-17-37(42)40-22-12-25-44(48(40)49)50(34-30-28-33(29-31-34)36-20-11-15-32-14-3-4-16-35(32)36)43-24-9-6-18-38(43)39-21-13-27-46-47(39)41-19-7-10-26-45(41)51-46/h3-31H,1-2H3. The first-order valence-electron chi connectivity index (χ1n) is 17.7. The number of hydrogen-bond donors (Lipinski definition) is 0. The van der Waals surface area contributed by atoms with Gasteiger partial charge in [0, 0.05) is 27.4 Å². The van der Waals surface area contributed by atoms with E-state index in [0.717, 1.165) is 44.4 Å². The molecule has 2 heteroatoms. The molecule has 2 nitrogen and oxygen atoms in total. The minimum absolute atomic E-state index is 0.195. The first-order chi connectivity index (χ1) is 25.1. The first kappa shape index (κ1) is 29.5. The second kappa shape index (κ2) is 11.3. The van der Waals surface area contributed by atoms with Gasteiger partial charge in [-0.05, 0) is 86.1 Å². The Balaban J connectivity index is 1.23. The van der Waals surface area contributed by atoms with Gasteiger partial charge in [0.15, 0.2) is 0 Å². The molecule has 1 aliphatic rings. The number of rotatable bonds is 5. The van der Waals surface area contributed by atoms with E-state index in [4.69, 9.17) is 4.42 Å². The van der Waals surface area contributed by atoms with Gasteiger partial charge in [0.2, 0.25) is 0 Å². The number of para-hydroxylation sites is 2. The van der Waals surface area contributed by atoms with Gasteiger partial charge in [-0.3, -0.25) is 0 Å².